The zero-order chi connectivity index (χ0) is 17.5. The summed E-state index contributed by atoms with van der Waals surface area (Å²) < 4.78 is 16.8. The van der Waals surface area contributed by atoms with Crippen LogP contribution in [-0.4, -0.2) is 7.11 Å². The van der Waals surface area contributed by atoms with Crippen LogP contribution < -0.4 is 14.8 Å². The van der Waals surface area contributed by atoms with E-state index >= 15 is 0 Å². The van der Waals surface area contributed by atoms with Crippen LogP contribution in [0, 0.1) is 0 Å². The maximum absolute atomic E-state index is 6.21. The minimum Gasteiger partial charge on any atom is -0.493 e. The Kier molecular flexibility index (Phi) is 5.99. The summed E-state index contributed by atoms with van der Waals surface area (Å²) >= 11 is 6.21. The van der Waals surface area contributed by atoms with Crippen LogP contribution >= 0.6 is 11.6 Å². The van der Waals surface area contributed by atoms with Crippen molar-refractivity contribution in [1.29, 1.82) is 0 Å². The maximum Gasteiger partial charge on any atom is 0.166 e. The Balaban J connectivity index is 1.74. The van der Waals surface area contributed by atoms with Crippen molar-refractivity contribution in [2.24, 2.45) is 0 Å². The van der Waals surface area contributed by atoms with Gasteiger partial charge in [0.15, 0.2) is 11.5 Å². The Hall–Kier alpha value is -2.43. The van der Waals surface area contributed by atoms with Gasteiger partial charge in [-0.3, -0.25) is 0 Å². The van der Waals surface area contributed by atoms with Gasteiger partial charge in [0.05, 0.1) is 19.9 Å². The molecule has 2 aromatic carbocycles. The number of benzene rings is 2. The van der Waals surface area contributed by atoms with Crippen molar-refractivity contribution in [3.63, 3.8) is 0 Å². The third-order valence-corrected chi connectivity index (χ3v) is 3.96. The Morgan fingerprint density at radius 1 is 1.04 bits per heavy atom. The minimum absolute atomic E-state index is 0.462. The summed E-state index contributed by atoms with van der Waals surface area (Å²) in [5.41, 5.74) is 2.03. The highest BCUT2D eigenvalue weighted by molar-refractivity contribution is 6.30. The molecule has 0 aliphatic rings. The molecule has 1 heterocycles. The molecule has 0 aliphatic carbocycles. The Morgan fingerprint density at radius 2 is 1.88 bits per heavy atom. The fourth-order valence-corrected chi connectivity index (χ4v) is 2.76. The van der Waals surface area contributed by atoms with Gasteiger partial charge in [-0.05, 0) is 23.8 Å². The van der Waals surface area contributed by atoms with Gasteiger partial charge in [0.2, 0.25) is 0 Å². The summed E-state index contributed by atoms with van der Waals surface area (Å²) in [6, 6.07) is 17.5. The first-order valence-corrected chi connectivity index (χ1v) is 8.40. The summed E-state index contributed by atoms with van der Waals surface area (Å²) in [6.45, 7) is 1.67. The number of halogens is 1. The molecule has 0 amide bonds. The van der Waals surface area contributed by atoms with Crippen LogP contribution in [0.4, 0.5) is 0 Å². The van der Waals surface area contributed by atoms with Crippen LogP contribution in [0.2, 0.25) is 5.02 Å². The van der Waals surface area contributed by atoms with Gasteiger partial charge in [-0.2, -0.15) is 0 Å². The molecular weight excluding hydrogens is 338 g/mol. The molecule has 0 atom stereocenters. The van der Waals surface area contributed by atoms with E-state index in [9.17, 15) is 0 Å². The van der Waals surface area contributed by atoms with E-state index in [0.717, 1.165) is 16.9 Å². The van der Waals surface area contributed by atoms with Gasteiger partial charge in [0.1, 0.15) is 12.4 Å². The quantitative estimate of drug-likeness (QED) is 0.628. The summed E-state index contributed by atoms with van der Waals surface area (Å²) in [5, 5.41) is 3.94. The molecule has 0 unspecified atom stereocenters. The van der Waals surface area contributed by atoms with Gasteiger partial charge in [0.25, 0.3) is 0 Å². The Labute approximate surface area is 152 Å². The van der Waals surface area contributed by atoms with Gasteiger partial charge in [0, 0.05) is 23.2 Å². The number of ether oxygens (including phenoxy) is 2. The molecule has 0 radical (unpaired) electrons. The molecule has 3 rings (SSSR count). The molecule has 0 aliphatic heterocycles. The van der Waals surface area contributed by atoms with Crippen molar-refractivity contribution < 1.29 is 13.9 Å². The van der Waals surface area contributed by atoms with E-state index in [4.69, 9.17) is 25.5 Å². The first-order valence-electron chi connectivity index (χ1n) is 8.02. The van der Waals surface area contributed by atoms with Crippen LogP contribution in [0.25, 0.3) is 0 Å². The molecule has 0 saturated carbocycles. The van der Waals surface area contributed by atoms with Crippen LogP contribution in [0.15, 0.2) is 65.3 Å². The number of nitrogens with one attached hydrogen (secondary N) is 1. The molecule has 1 N–H and O–H groups in total. The van der Waals surface area contributed by atoms with Crippen molar-refractivity contribution in [3.8, 4) is 11.5 Å². The smallest absolute Gasteiger partial charge is 0.166 e. The first kappa shape index (κ1) is 17.4. The van der Waals surface area contributed by atoms with E-state index in [2.05, 4.69) is 5.32 Å². The van der Waals surface area contributed by atoms with E-state index in [1.165, 1.54) is 0 Å². The summed E-state index contributed by atoms with van der Waals surface area (Å²) in [4.78, 5) is 0. The second-order valence-electron chi connectivity index (χ2n) is 5.55. The predicted molar refractivity (Wildman–Crippen MR) is 98.0 cm³/mol. The average molecular weight is 358 g/mol. The van der Waals surface area contributed by atoms with E-state index in [1.807, 2.05) is 48.5 Å². The highest BCUT2D eigenvalue weighted by Gasteiger charge is 2.13. The first-order chi connectivity index (χ1) is 12.3. The summed E-state index contributed by atoms with van der Waals surface area (Å²) in [6.07, 6.45) is 1.66. The molecule has 0 spiro atoms. The fraction of sp³-hybridized carbons (Fsp3) is 0.200. The number of furan rings is 1. The molecule has 25 heavy (non-hydrogen) atoms. The number of rotatable bonds is 8. The molecule has 1 aromatic heterocycles. The summed E-state index contributed by atoms with van der Waals surface area (Å²) in [7, 11) is 1.61. The lowest BCUT2D eigenvalue weighted by molar-refractivity contribution is 0.280. The predicted octanol–water partition coefficient (Wildman–Crippen LogP) is 4.81. The normalized spacial score (nSPS) is 10.6. The van der Waals surface area contributed by atoms with Crippen LogP contribution in [0.5, 0.6) is 11.5 Å². The molecule has 0 bridgehead atoms. The third-order valence-electron chi connectivity index (χ3n) is 3.74. The van der Waals surface area contributed by atoms with Crippen LogP contribution in [0.3, 0.4) is 0 Å². The molecule has 5 heteroatoms. The highest BCUT2D eigenvalue weighted by Crippen LogP contribution is 2.35. The van der Waals surface area contributed by atoms with E-state index < -0.39 is 0 Å². The second kappa shape index (κ2) is 8.60. The van der Waals surface area contributed by atoms with Crippen molar-refractivity contribution in [3.05, 3.63) is 82.8 Å². The van der Waals surface area contributed by atoms with Crippen LogP contribution in [-0.2, 0) is 19.7 Å². The van der Waals surface area contributed by atoms with E-state index in [0.29, 0.717) is 36.2 Å². The van der Waals surface area contributed by atoms with Gasteiger partial charge in [-0.25, -0.2) is 0 Å². The summed E-state index contributed by atoms with van der Waals surface area (Å²) in [5.74, 6) is 2.20. The van der Waals surface area contributed by atoms with Crippen LogP contribution in [0.1, 0.15) is 16.9 Å². The molecule has 0 saturated heterocycles. The van der Waals surface area contributed by atoms with Crippen molar-refractivity contribution in [2.45, 2.75) is 19.7 Å². The Bertz CT molecular complexity index is 788. The standard InChI is InChI=1S/C20H20ClNO3/c1-23-19-11-17(21)10-16(12-22-13-18-8-5-9-24-18)20(19)25-14-15-6-3-2-4-7-15/h2-11,22H,12-14H2,1H3. The molecule has 3 aromatic rings. The highest BCUT2D eigenvalue weighted by atomic mass is 35.5. The van der Waals surface area contributed by atoms with Gasteiger partial charge < -0.3 is 19.2 Å². The van der Waals surface area contributed by atoms with Gasteiger partial charge in [-0.1, -0.05) is 41.9 Å². The van der Waals surface area contributed by atoms with Crippen molar-refractivity contribution >= 4 is 11.6 Å². The van der Waals surface area contributed by atoms with Crippen molar-refractivity contribution in [2.75, 3.05) is 7.11 Å². The van der Waals surface area contributed by atoms with Gasteiger partial charge in [-0.15, -0.1) is 0 Å². The zero-order valence-electron chi connectivity index (χ0n) is 14.0. The van der Waals surface area contributed by atoms with Crippen molar-refractivity contribution in [1.82, 2.24) is 5.32 Å². The third kappa shape index (κ3) is 4.78. The zero-order valence-corrected chi connectivity index (χ0v) is 14.8. The lowest BCUT2D eigenvalue weighted by Crippen LogP contribution is -2.13. The largest absolute Gasteiger partial charge is 0.493 e. The SMILES string of the molecule is COc1cc(Cl)cc(CNCc2ccco2)c1OCc1ccccc1. The van der Waals surface area contributed by atoms with Gasteiger partial charge >= 0.3 is 0 Å². The lowest BCUT2D eigenvalue weighted by Gasteiger charge is -2.16. The molecule has 0 fully saturated rings. The van der Waals surface area contributed by atoms with E-state index in [1.54, 1.807) is 19.4 Å². The molecule has 4 nitrogen and oxygen atoms in total. The molecule has 130 valence electrons. The Morgan fingerprint density at radius 3 is 2.60 bits per heavy atom. The average Bonchev–Trinajstić information content (AvgIpc) is 3.14. The minimum atomic E-state index is 0.462. The number of methoxy groups -OCH3 is 1. The molecular formula is C20H20ClNO3. The fourth-order valence-electron chi connectivity index (χ4n) is 2.53. The maximum atomic E-state index is 6.21. The topological polar surface area (TPSA) is 43.6 Å². The second-order valence-corrected chi connectivity index (χ2v) is 5.99. The monoisotopic (exact) mass is 357 g/mol. The van der Waals surface area contributed by atoms with E-state index in [-0.39, 0.29) is 0 Å². The number of hydrogen-bond donors (Lipinski definition) is 1. The number of hydrogen-bond acceptors (Lipinski definition) is 4. The lowest BCUT2D eigenvalue weighted by atomic mass is 10.1.